The zero-order valence-electron chi connectivity index (χ0n) is 11.6. The van der Waals surface area contributed by atoms with Gasteiger partial charge in [-0.2, -0.15) is 0 Å². The Morgan fingerprint density at radius 3 is 2.71 bits per heavy atom. The van der Waals surface area contributed by atoms with Crippen LogP contribution in [0.4, 0.5) is 4.39 Å². The second-order valence-corrected chi connectivity index (χ2v) is 6.13. The van der Waals surface area contributed by atoms with Gasteiger partial charge in [-0.05, 0) is 61.3 Å². The van der Waals surface area contributed by atoms with Crippen LogP contribution < -0.4 is 10.5 Å². The van der Waals surface area contributed by atoms with Crippen molar-refractivity contribution in [2.24, 2.45) is 5.73 Å². The van der Waals surface area contributed by atoms with E-state index in [0.29, 0.717) is 23.6 Å². The molecule has 2 aromatic carbocycles. The summed E-state index contributed by atoms with van der Waals surface area (Å²) in [5, 5.41) is 0.490. The molecule has 0 heterocycles. The van der Waals surface area contributed by atoms with Crippen molar-refractivity contribution in [1.82, 2.24) is 0 Å². The average molecular weight is 373 g/mol. The quantitative estimate of drug-likeness (QED) is 0.830. The zero-order valence-corrected chi connectivity index (χ0v) is 14.0. The minimum Gasteiger partial charge on any atom is -0.488 e. The molecule has 0 fully saturated rings. The third-order valence-electron chi connectivity index (χ3n) is 3.11. The average Bonchev–Trinajstić information content (AvgIpc) is 2.41. The minimum absolute atomic E-state index is 0.131. The van der Waals surface area contributed by atoms with E-state index in [2.05, 4.69) is 15.9 Å². The van der Waals surface area contributed by atoms with E-state index in [9.17, 15) is 4.39 Å². The second-order valence-electron chi connectivity index (χ2n) is 4.77. The molecule has 0 aromatic heterocycles. The maximum Gasteiger partial charge on any atom is 0.129 e. The van der Waals surface area contributed by atoms with Gasteiger partial charge < -0.3 is 10.5 Å². The Hall–Kier alpha value is -1.10. The van der Waals surface area contributed by atoms with Crippen molar-refractivity contribution in [3.05, 3.63) is 62.3 Å². The molecule has 0 bridgehead atoms. The summed E-state index contributed by atoms with van der Waals surface area (Å²) >= 11 is 9.35. The van der Waals surface area contributed by atoms with Gasteiger partial charge in [0, 0.05) is 15.1 Å². The molecular weight excluding hydrogens is 357 g/mol. The van der Waals surface area contributed by atoms with Crippen LogP contribution in [0, 0.1) is 12.7 Å². The van der Waals surface area contributed by atoms with Crippen LogP contribution in [0.25, 0.3) is 0 Å². The maximum atomic E-state index is 13.7. The van der Waals surface area contributed by atoms with Gasteiger partial charge in [-0.1, -0.05) is 27.5 Å². The molecule has 2 aromatic rings. The lowest BCUT2D eigenvalue weighted by Crippen LogP contribution is -2.07. The summed E-state index contributed by atoms with van der Waals surface area (Å²) in [4.78, 5) is 0. The van der Waals surface area contributed by atoms with E-state index in [1.807, 2.05) is 19.1 Å². The highest BCUT2D eigenvalue weighted by Crippen LogP contribution is 2.29. The third kappa shape index (κ3) is 4.19. The van der Waals surface area contributed by atoms with Gasteiger partial charge in [-0.15, -0.1) is 0 Å². The molecule has 0 aliphatic carbocycles. The first kappa shape index (κ1) is 16.3. The lowest BCUT2D eigenvalue weighted by Gasteiger charge is -2.15. The monoisotopic (exact) mass is 371 g/mol. The Kier molecular flexibility index (Phi) is 5.62. The topological polar surface area (TPSA) is 35.2 Å². The zero-order chi connectivity index (χ0) is 15.4. The third-order valence-corrected chi connectivity index (χ3v) is 3.80. The fraction of sp³-hybridized carbons (Fsp3) is 0.250. The Bertz CT molecular complexity index is 648. The first-order valence-electron chi connectivity index (χ1n) is 6.57. The molecule has 0 amide bonds. The van der Waals surface area contributed by atoms with E-state index in [0.717, 1.165) is 21.3 Å². The molecule has 112 valence electrons. The van der Waals surface area contributed by atoms with Gasteiger partial charge in [0.25, 0.3) is 0 Å². The number of hydrogen-bond acceptors (Lipinski definition) is 2. The standard InChI is InChI=1S/C16H16BrClFNO/c1-10-6-13(17)7-11(4-5-20)16(10)21-9-12-8-14(18)2-3-15(12)19/h2-3,6-8H,4-5,9,20H2,1H3. The number of benzene rings is 2. The van der Waals surface area contributed by atoms with E-state index >= 15 is 0 Å². The summed E-state index contributed by atoms with van der Waals surface area (Å²) in [6.07, 6.45) is 0.702. The van der Waals surface area contributed by atoms with Crippen LogP contribution in [0.1, 0.15) is 16.7 Å². The minimum atomic E-state index is -0.325. The fourth-order valence-corrected chi connectivity index (χ4v) is 2.97. The molecule has 2 N–H and O–H groups in total. The highest BCUT2D eigenvalue weighted by molar-refractivity contribution is 9.10. The lowest BCUT2D eigenvalue weighted by atomic mass is 10.1. The van der Waals surface area contributed by atoms with Crippen LogP contribution in [0.3, 0.4) is 0 Å². The number of nitrogens with two attached hydrogens (primary N) is 1. The molecule has 2 rings (SSSR count). The molecule has 0 radical (unpaired) electrons. The molecule has 0 saturated heterocycles. The van der Waals surface area contributed by atoms with Crippen LogP contribution in [-0.4, -0.2) is 6.54 Å². The van der Waals surface area contributed by atoms with E-state index in [4.69, 9.17) is 22.1 Å². The SMILES string of the molecule is Cc1cc(Br)cc(CCN)c1OCc1cc(Cl)ccc1F. The van der Waals surface area contributed by atoms with Gasteiger partial charge >= 0.3 is 0 Å². The normalized spacial score (nSPS) is 10.7. The van der Waals surface area contributed by atoms with Crippen LogP contribution in [-0.2, 0) is 13.0 Å². The van der Waals surface area contributed by atoms with Crippen LogP contribution in [0.5, 0.6) is 5.75 Å². The van der Waals surface area contributed by atoms with Gasteiger partial charge in [0.1, 0.15) is 18.2 Å². The van der Waals surface area contributed by atoms with Gasteiger partial charge in [0.05, 0.1) is 0 Å². The predicted molar refractivity (Wildman–Crippen MR) is 87.4 cm³/mol. The highest BCUT2D eigenvalue weighted by Gasteiger charge is 2.11. The lowest BCUT2D eigenvalue weighted by molar-refractivity contribution is 0.294. The van der Waals surface area contributed by atoms with Crippen molar-refractivity contribution in [2.75, 3.05) is 6.54 Å². The van der Waals surface area contributed by atoms with Gasteiger partial charge in [0.2, 0.25) is 0 Å². The Morgan fingerprint density at radius 1 is 1.24 bits per heavy atom. The summed E-state index contributed by atoms with van der Waals surface area (Å²) < 4.78 is 20.5. The number of hydrogen-bond donors (Lipinski definition) is 1. The van der Waals surface area contributed by atoms with E-state index < -0.39 is 0 Å². The largest absolute Gasteiger partial charge is 0.488 e. The summed E-state index contributed by atoms with van der Waals surface area (Å²) in [6.45, 7) is 2.61. The van der Waals surface area contributed by atoms with E-state index in [1.54, 1.807) is 6.07 Å². The van der Waals surface area contributed by atoms with Gasteiger partial charge in [-0.25, -0.2) is 4.39 Å². The number of aryl methyl sites for hydroxylation is 1. The van der Waals surface area contributed by atoms with E-state index in [1.165, 1.54) is 12.1 Å². The van der Waals surface area contributed by atoms with Crippen molar-refractivity contribution < 1.29 is 9.13 Å². The molecule has 2 nitrogen and oxygen atoms in total. The first-order chi connectivity index (χ1) is 10.0. The van der Waals surface area contributed by atoms with Gasteiger partial charge in [0.15, 0.2) is 0 Å². The number of ether oxygens (including phenoxy) is 1. The van der Waals surface area contributed by atoms with Crippen LogP contribution in [0.15, 0.2) is 34.8 Å². The number of halogens is 3. The highest BCUT2D eigenvalue weighted by atomic mass is 79.9. The second kappa shape index (κ2) is 7.25. The molecule has 0 spiro atoms. The van der Waals surface area contributed by atoms with Crippen LogP contribution >= 0.6 is 27.5 Å². The first-order valence-corrected chi connectivity index (χ1v) is 7.74. The fourth-order valence-electron chi connectivity index (χ4n) is 2.15. The molecule has 0 atom stereocenters. The van der Waals surface area contributed by atoms with Gasteiger partial charge in [-0.3, -0.25) is 0 Å². The Balaban J connectivity index is 2.25. The van der Waals surface area contributed by atoms with Crippen LogP contribution in [0.2, 0.25) is 5.02 Å². The van der Waals surface area contributed by atoms with E-state index in [-0.39, 0.29) is 12.4 Å². The molecule has 0 aliphatic rings. The van der Waals surface area contributed by atoms with Crippen molar-refractivity contribution in [3.8, 4) is 5.75 Å². The molecule has 5 heteroatoms. The molecular formula is C16H16BrClFNO. The predicted octanol–water partition coefficient (Wildman–Crippen LogP) is 4.63. The summed E-state index contributed by atoms with van der Waals surface area (Å²) in [6, 6.07) is 8.38. The molecule has 0 unspecified atom stereocenters. The van der Waals surface area contributed by atoms with Crippen molar-refractivity contribution in [2.45, 2.75) is 20.0 Å². The van der Waals surface area contributed by atoms with Crippen molar-refractivity contribution in [1.29, 1.82) is 0 Å². The van der Waals surface area contributed by atoms with Crippen molar-refractivity contribution in [3.63, 3.8) is 0 Å². The summed E-state index contributed by atoms with van der Waals surface area (Å²) in [5.41, 5.74) is 8.05. The summed E-state index contributed by atoms with van der Waals surface area (Å²) in [7, 11) is 0. The molecule has 0 saturated carbocycles. The number of rotatable bonds is 5. The smallest absolute Gasteiger partial charge is 0.129 e. The van der Waals surface area contributed by atoms with Crippen molar-refractivity contribution >= 4 is 27.5 Å². The summed E-state index contributed by atoms with van der Waals surface area (Å²) in [5.74, 6) is 0.428. The molecule has 0 aliphatic heterocycles. The Labute approximate surface area is 137 Å². The molecule has 21 heavy (non-hydrogen) atoms. The maximum absolute atomic E-state index is 13.7. The Morgan fingerprint density at radius 2 is 2.00 bits per heavy atom.